The SMILES string of the molecule is CC(Cl)c1cnc2c(c1)OCC2. The molecule has 0 saturated carbocycles. The molecular weight excluding hydrogens is 174 g/mol. The van der Waals surface area contributed by atoms with E-state index in [1.54, 1.807) is 0 Å². The van der Waals surface area contributed by atoms with Crippen molar-refractivity contribution in [2.24, 2.45) is 0 Å². The number of nitrogens with zero attached hydrogens (tertiary/aromatic N) is 1. The molecule has 0 spiro atoms. The largest absolute Gasteiger partial charge is 0.491 e. The molecule has 0 aliphatic carbocycles. The van der Waals surface area contributed by atoms with Crippen LogP contribution < -0.4 is 4.74 Å². The molecule has 1 unspecified atom stereocenters. The Labute approximate surface area is 76.5 Å². The van der Waals surface area contributed by atoms with Crippen LogP contribution in [0.1, 0.15) is 23.6 Å². The Kier molecular flexibility index (Phi) is 1.93. The lowest BCUT2D eigenvalue weighted by Crippen LogP contribution is -1.89. The third-order valence-corrected chi connectivity index (χ3v) is 2.26. The van der Waals surface area contributed by atoms with Gasteiger partial charge in [-0.3, -0.25) is 4.98 Å². The molecule has 64 valence electrons. The zero-order valence-corrected chi connectivity index (χ0v) is 7.64. The summed E-state index contributed by atoms with van der Waals surface area (Å²) in [6.45, 7) is 2.68. The van der Waals surface area contributed by atoms with E-state index in [2.05, 4.69) is 4.98 Å². The second kappa shape index (κ2) is 2.94. The fourth-order valence-corrected chi connectivity index (χ4v) is 1.40. The van der Waals surface area contributed by atoms with Gasteiger partial charge in [-0.25, -0.2) is 0 Å². The average Bonchev–Trinajstić information content (AvgIpc) is 2.49. The minimum atomic E-state index is 0.00648. The maximum Gasteiger partial charge on any atom is 0.141 e. The van der Waals surface area contributed by atoms with Gasteiger partial charge in [-0.15, -0.1) is 11.6 Å². The summed E-state index contributed by atoms with van der Waals surface area (Å²) in [5, 5.41) is 0.00648. The van der Waals surface area contributed by atoms with Gasteiger partial charge in [-0.1, -0.05) is 0 Å². The number of rotatable bonds is 1. The molecule has 0 bridgehead atoms. The number of fused-ring (bicyclic) bond motifs is 1. The van der Waals surface area contributed by atoms with Gasteiger partial charge in [0, 0.05) is 12.6 Å². The number of hydrogen-bond acceptors (Lipinski definition) is 2. The lowest BCUT2D eigenvalue weighted by atomic mass is 10.2. The summed E-state index contributed by atoms with van der Waals surface area (Å²) in [4.78, 5) is 4.27. The second-order valence-electron chi connectivity index (χ2n) is 2.93. The number of halogens is 1. The van der Waals surface area contributed by atoms with Gasteiger partial charge < -0.3 is 4.74 Å². The van der Waals surface area contributed by atoms with Crippen LogP contribution in [0.3, 0.4) is 0 Å². The third-order valence-electron chi connectivity index (χ3n) is 2.01. The van der Waals surface area contributed by atoms with Crippen LogP contribution in [0.4, 0.5) is 0 Å². The van der Waals surface area contributed by atoms with E-state index in [1.807, 2.05) is 19.2 Å². The Bertz CT molecular complexity index is 299. The highest BCUT2D eigenvalue weighted by Crippen LogP contribution is 2.28. The first-order chi connectivity index (χ1) is 5.77. The molecule has 0 aromatic carbocycles. The fraction of sp³-hybridized carbons (Fsp3) is 0.444. The van der Waals surface area contributed by atoms with E-state index in [9.17, 15) is 0 Å². The zero-order chi connectivity index (χ0) is 8.55. The van der Waals surface area contributed by atoms with Gasteiger partial charge in [-0.2, -0.15) is 0 Å². The Morgan fingerprint density at radius 1 is 1.67 bits per heavy atom. The molecule has 3 heteroatoms. The van der Waals surface area contributed by atoms with Gasteiger partial charge in [0.05, 0.1) is 17.7 Å². The van der Waals surface area contributed by atoms with Crippen molar-refractivity contribution in [3.05, 3.63) is 23.5 Å². The molecule has 1 aliphatic rings. The molecule has 0 fully saturated rings. The molecule has 0 saturated heterocycles. The normalized spacial score (nSPS) is 16.8. The highest BCUT2D eigenvalue weighted by atomic mass is 35.5. The summed E-state index contributed by atoms with van der Waals surface area (Å²) in [7, 11) is 0. The molecule has 12 heavy (non-hydrogen) atoms. The molecule has 1 aliphatic heterocycles. The predicted molar refractivity (Wildman–Crippen MR) is 47.7 cm³/mol. The summed E-state index contributed by atoms with van der Waals surface area (Å²) in [5.74, 6) is 0.903. The van der Waals surface area contributed by atoms with Gasteiger partial charge in [0.2, 0.25) is 0 Å². The first kappa shape index (κ1) is 7.87. The number of aromatic nitrogens is 1. The van der Waals surface area contributed by atoms with Gasteiger partial charge in [-0.05, 0) is 18.6 Å². The van der Waals surface area contributed by atoms with E-state index < -0.39 is 0 Å². The van der Waals surface area contributed by atoms with Gasteiger partial charge in [0.1, 0.15) is 5.75 Å². The van der Waals surface area contributed by atoms with Crippen LogP contribution in [0.15, 0.2) is 12.3 Å². The van der Waals surface area contributed by atoms with Crippen LogP contribution in [0.5, 0.6) is 5.75 Å². The van der Waals surface area contributed by atoms with Crippen molar-refractivity contribution in [2.75, 3.05) is 6.61 Å². The first-order valence-electron chi connectivity index (χ1n) is 4.03. The summed E-state index contributed by atoms with van der Waals surface area (Å²) in [5.41, 5.74) is 2.08. The summed E-state index contributed by atoms with van der Waals surface area (Å²) >= 11 is 5.91. The van der Waals surface area contributed by atoms with E-state index in [0.717, 1.165) is 30.0 Å². The molecule has 0 radical (unpaired) electrons. The van der Waals surface area contributed by atoms with Gasteiger partial charge in [0.15, 0.2) is 0 Å². The topological polar surface area (TPSA) is 22.1 Å². The molecular formula is C9H10ClNO. The van der Waals surface area contributed by atoms with Crippen molar-refractivity contribution in [1.29, 1.82) is 0 Å². The van der Waals surface area contributed by atoms with Crippen LogP contribution in [-0.4, -0.2) is 11.6 Å². The molecule has 2 rings (SSSR count). The van der Waals surface area contributed by atoms with Crippen molar-refractivity contribution in [1.82, 2.24) is 4.98 Å². The molecule has 2 heterocycles. The van der Waals surface area contributed by atoms with Crippen LogP contribution in [0.2, 0.25) is 0 Å². The average molecular weight is 184 g/mol. The second-order valence-corrected chi connectivity index (χ2v) is 3.58. The monoisotopic (exact) mass is 183 g/mol. The summed E-state index contributed by atoms with van der Waals surface area (Å²) in [6, 6.07) is 1.98. The Hall–Kier alpha value is -0.760. The molecule has 1 aromatic heterocycles. The highest BCUT2D eigenvalue weighted by Gasteiger charge is 2.14. The Morgan fingerprint density at radius 2 is 2.50 bits per heavy atom. The highest BCUT2D eigenvalue weighted by molar-refractivity contribution is 6.20. The van der Waals surface area contributed by atoms with E-state index >= 15 is 0 Å². The fourth-order valence-electron chi connectivity index (χ4n) is 1.28. The van der Waals surface area contributed by atoms with Crippen molar-refractivity contribution >= 4 is 11.6 Å². The minimum Gasteiger partial charge on any atom is -0.491 e. The van der Waals surface area contributed by atoms with Crippen molar-refractivity contribution in [3.63, 3.8) is 0 Å². The van der Waals surface area contributed by atoms with E-state index in [-0.39, 0.29) is 5.38 Å². The van der Waals surface area contributed by atoms with E-state index in [4.69, 9.17) is 16.3 Å². The predicted octanol–water partition coefficient (Wildman–Crippen LogP) is 2.32. The lowest BCUT2D eigenvalue weighted by molar-refractivity contribution is 0.356. The number of pyridine rings is 1. The van der Waals surface area contributed by atoms with E-state index in [1.165, 1.54) is 0 Å². The van der Waals surface area contributed by atoms with Crippen LogP contribution in [0.25, 0.3) is 0 Å². The number of alkyl halides is 1. The van der Waals surface area contributed by atoms with Crippen LogP contribution >= 0.6 is 11.6 Å². The standard InChI is InChI=1S/C9H10ClNO/c1-6(10)7-4-9-8(11-5-7)2-3-12-9/h4-6H,2-3H2,1H3. The van der Waals surface area contributed by atoms with Crippen molar-refractivity contribution < 1.29 is 4.74 Å². The minimum absolute atomic E-state index is 0.00648. The molecule has 2 nitrogen and oxygen atoms in total. The van der Waals surface area contributed by atoms with Gasteiger partial charge in [0.25, 0.3) is 0 Å². The smallest absolute Gasteiger partial charge is 0.141 e. The molecule has 1 atom stereocenters. The molecule has 0 amide bonds. The first-order valence-corrected chi connectivity index (χ1v) is 4.46. The third kappa shape index (κ3) is 1.27. The molecule has 0 N–H and O–H groups in total. The summed E-state index contributed by atoms with van der Waals surface area (Å²) < 4.78 is 5.37. The van der Waals surface area contributed by atoms with E-state index in [0.29, 0.717) is 0 Å². The quantitative estimate of drug-likeness (QED) is 0.624. The Balaban J connectivity index is 2.39. The lowest BCUT2D eigenvalue weighted by Gasteiger charge is -2.04. The van der Waals surface area contributed by atoms with Gasteiger partial charge >= 0.3 is 0 Å². The van der Waals surface area contributed by atoms with Crippen LogP contribution in [0, 0.1) is 0 Å². The summed E-state index contributed by atoms with van der Waals surface area (Å²) in [6.07, 6.45) is 2.75. The van der Waals surface area contributed by atoms with Crippen molar-refractivity contribution in [3.8, 4) is 5.75 Å². The van der Waals surface area contributed by atoms with Crippen LogP contribution in [-0.2, 0) is 6.42 Å². The number of hydrogen-bond donors (Lipinski definition) is 0. The zero-order valence-electron chi connectivity index (χ0n) is 6.88. The molecule has 1 aromatic rings. The maximum absolute atomic E-state index is 5.91. The maximum atomic E-state index is 5.91. The van der Waals surface area contributed by atoms with Crippen molar-refractivity contribution in [2.45, 2.75) is 18.7 Å². The number of ether oxygens (including phenoxy) is 1. The Morgan fingerprint density at radius 3 is 3.25 bits per heavy atom.